The Morgan fingerprint density at radius 1 is 0.872 bits per heavy atom. The molecule has 39 heavy (non-hydrogen) atoms. The molecule has 3 aromatic carbocycles. The van der Waals surface area contributed by atoms with Gasteiger partial charge in [-0.05, 0) is 104 Å². The number of halogens is 2. The van der Waals surface area contributed by atoms with Crippen molar-refractivity contribution in [3.05, 3.63) is 101 Å². The predicted molar refractivity (Wildman–Crippen MR) is 151 cm³/mol. The fourth-order valence-corrected chi connectivity index (χ4v) is 7.66. The number of hydrogen-bond donors (Lipinski definition) is 1. The zero-order chi connectivity index (χ0) is 27.1. The first-order valence-electron chi connectivity index (χ1n) is 14.3. The van der Waals surface area contributed by atoms with E-state index in [9.17, 15) is 13.9 Å². The lowest BCUT2D eigenvalue weighted by Gasteiger charge is -2.56. The Labute approximate surface area is 230 Å². The molecule has 1 unspecified atom stereocenters. The molecule has 0 amide bonds. The number of fused-ring (bicyclic) bond motifs is 4. The van der Waals surface area contributed by atoms with Gasteiger partial charge in [0.25, 0.3) is 0 Å². The van der Waals surface area contributed by atoms with Crippen LogP contribution in [0.25, 0.3) is 0 Å². The van der Waals surface area contributed by atoms with Crippen molar-refractivity contribution in [1.82, 2.24) is 14.7 Å². The second-order valence-electron chi connectivity index (χ2n) is 11.9. The van der Waals surface area contributed by atoms with Crippen molar-refractivity contribution in [3.8, 4) is 5.75 Å². The van der Waals surface area contributed by atoms with Gasteiger partial charge >= 0.3 is 0 Å². The van der Waals surface area contributed by atoms with Crippen molar-refractivity contribution in [2.75, 3.05) is 46.3 Å². The van der Waals surface area contributed by atoms with Crippen molar-refractivity contribution >= 4 is 0 Å². The Balaban J connectivity index is 1.18. The molecule has 0 aromatic heterocycles. The molecule has 206 valence electrons. The van der Waals surface area contributed by atoms with E-state index in [1.807, 2.05) is 36.4 Å². The number of phenols is 1. The molecule has 3 aromatic rings. The molecule has 2 aliphatic heterocycles. The van der Waals surface area contributed by atoms with Gasteiger partial charge in [0.15, 0.2) is 0 Å². The van der Waals surface area contributed by atoms with Crippen molar-refractivity contribution in [3.63, 3.8) is 0 Å². The van der Waals surface area contributed by atoms with E-state index < -0.39 is 0 Å². The third-order valence-electron chi connectivity index (χ3n) is 10.0. The summed E-state index contributed by atoms with van der Waals surface area (Å²) in [5.74, 6) is 0.416. The lowest BCUT2D eigenvalue weighted by Crippen LogP contribution is -2.59. The molecule has 0 saturated carbocycles. The molecular formula is C33H39F2N3O. The third-order valence-corrected chi connectivity index (χ3v) is 10.0. The summed E-state index contributed by atoms with van der Waals surface area (Å²) >= 11 is 0. The van der Waals surface area contributed by atoms with E-state index in [4.69, 9.17) is 0 Å². The van der Waals surface area contributed by atoms with Crippen LogP contribution in [0.15, 0.2) is 66.7 Å². The lowest BCUT2D eigenvalue weighted by molar-refractivity contribution is 0.0246. The molecule has 0 radical (unpaired) electrons. The van der Waals surface area contributed by atoms with E-state index in [2.05, 4.69) is 34.7 Å². The molecule has 3 atom stereocenters. The zero-order valence-corrected chi connectivity index (χ0v) is 23.0. The highest BCUT2D eigenvalue weighted by Gasteiger charge is 2.50. The number of aromatic hydroxyl groups is 1. The van der Waals surface area contributed by atoms with E-state index in [0.717, 1.165) is 69.7 Å². The third kappa shape index (κ3) is 4.99. The quantitative estimate of drug-likeness (QED) is 0.449. The first-order chi connectivity index (χ1) is 18.8. The number of nitrogens with zero attached hydrogens (tertiary/aromatic N) is 3. The SMILES string of the molecule is C[C@@H]1[C@@H]2Cc3ccc(O)cc3C1(CCN1CCN(C(c3ccc(F)cc3)c3ccc(F)cc3)CC1)CCN2C. The lowest BCUT2D eigenvalue weighted by atomic mass is 9.56. The van der Waals surface area contributed by atoms with E-state index in [1.54, 1.807) is 0 Å². The van der Waals surface area contributed by atoms with Gasteiger partial charge in [-0.25, -0.2) is 8.78 Å². The van der Waals surface area contributed by atoms with Gasteiger partial charge in [-0.3, -0.25) is 4.90 Å². The molecule has 1 N–H and O–H groups in total. The number of likely N-dealkylation sites (N-methyl/N-ethyl adjacent to an activating group) is 1. The molecule has 2 fully saturated rings. The van der Waals surface area contributed by atoms with Crippen LogP contribution in [0.4, 0.5) is 8.78 Å². The average molecular weight is 532 g/mol. The second kappa shape index (κ2) is 10.6. The summed E-state index contributed by atoms with van der Waals surface area (Å²) in [5, 5.41) is 10.4. The summed E-state index contributed by atoms with van der Waals surface area (Å²) in [5.41, 5.74) is 4.91. The number of benzene rings is 3. The number of likely N-dealkylation sites (tertiary alicyclic amines) is 1. The van der Waals surface area contributed by atoms with E-state index in [-0.39, 0.29) is 23.1 Å². The van der Waals surface area contributed by atoms with Crippen LogP contribution in [0.2, 0.25) is 0 Å². The number of hydrogen-bond acceptors (Lipinski definition) is 4. The smallest absolute Gasteiger partial charge is 0.123 e. The van der Waals surface area contributed by atoms with E-state index in [1.165, 1.54) is 35.4 Å². The molecular weight excluding hydrogens is 492 g/mol. The monoisotopic (exact) mass is 531 g/mol. The number of phenolic OH excluding ortho intramolecular Hbond substituents is 1. The molecule has 2 saturated heterocycles. The molecule has 0 spiro atoms. The van der Waals surface area contributed by atoms with Crippen LogP contribution >= 0.6 is 0 Å². The van der Waals surface area contributed by atoms with Crippen molar-refractivity contribution < 1.29 is 13.9 Å². The number of rotatable bonds is 6. The maximum Gasteiger partial charge on any atom is 0.123 e. The van der Waals surface area contributed by atoms with Gasteiger partial charge in [0.2, 0.25) is 0 Å². The minimum atomic E-state index is -0.247. The van der Waals surface area contributed by atoms with Crippen LogP contribution in [-0.4, -0.2) is 72.2 Å². The van der Waals surface area contributed by atoms with Crippen molar-refractivity contribution in [1.29, 1.82) is 0 Å². The van der Waals surface area contributed by atoms with Crippen LogP contribution < -0.4 is 0 Å². The number of piperazine rings is 1. The largest absolute Gasteiger partial charge is 0.508 e. The molecule has 6 rings (SSSR count). The van der Waals surface area contributed by atoms with Crippen LogP contribution in [0.1, 0.15) is 48.1 Å². The Morgan fingerprint density at radius 3 is 2.10 bits per heavy atom. The summed E-state index contributed by atoms with van der Waals surface area (Å²) in [7, 11) is 2.26. The molecule has 2 bridgehead atoms. The highest BCUT2D eigenvalue weighted by Crippen LogP contribution is 2.51. The topological polar surface area (TPSA) is 30.0 Å². The van der Waals surface area contributed by atoms with Gasteiger partial charge in [-0.15, -0.1) is 0 Å². The predicted octanol–water partition coefficient (Wildman–Crippen LogP) is 5.60. The Morgan fingerprint density at radius 2 is 1.49 bits per heavy atom. The summed E-state index contributed by atoms with van der Waals surface area (Å²) in [4.78, 5) is 7.55. The van der Waals surface area contributed by atoms with Crippen LogP contribution in [-0.2, 0) is 11.8 Å². The minimum absolute atomic E-state index is 0.0326. The van der Waals surface area contributed by atoms with Gasteiger partial charge < -0.3 is 14.9 Å². The molecule has 2 heterocycles. The first-order valence-corrected chi connectivity index (χ1v) is 14.3. The molecule has 4 nitrogen and oxygen atoms in total. The van der Waals surface area contributed by atoms with Crippen molar-refractivity contribution in [2.24, 2.45) is 5.92 Å². The summed E-state index contributed by atoms with van der Waals surface area (Å²) in [6, 6.07) is 20.0. The highest BCUT2D eigenvalue weighted by atomic mass is 19.1. The standard InChI is InChI=1S/C33H39F2N3O/c1-23-31-21-26-7-12-29(39)22-30(26)33(23,13-15-36(31)2)14-16-37-17-19-38(20-18-37)32(24-3-8-27(34)9-4-24)25-5-10-28(35)11-6-25/h3-12,22-23,31-32,39H,13-21H2,1-2H3/t23-,31+,33?/m1/s1. The van der Waals surface area contributed by atoms with Gasteiger partial charge in [-0.2, -0.15) is 0 Å². The summed E-state index contributed by atoms with van der Waals surface area (Å²) in [6.07, 6.45) is 3.27. The molecule has 6 heteroatoms. The fraction of sp³-hybridized carbons (Fsp3) is 0.455. The average Bonchev–Trinajstić information content (AvgIpc) is 2.94. The molecule has 1 aliphatic carbocycles. The maximum atomic E-state index is 13.7. The van der Waals surface area contributed by atoms with Crippen molar-refractivity contribution in [2.45, 2.75) is 43.7 Å². The second-order valence-corrected chi connectivity index (χ2v) is 11.9. The fourth-order valence-electron chi connectivity index (χ4n) is 7.66. The Kier molecular flexibility index (Phi) is 7.21. The van der Waals surface area contributed by atoms with Crippen LogP contribution in [0.5, 0.6) is 5.75 Å². The number of piperidine rings is 1. The summed E-state index contributed by atoms with van der Waals surface area (Å²) in [6.45, 7) is 8.24. The first kappa shape index (κ1) is 26.4. The van der Waals surface area contributed by atoms with Crippen LogP contribution in [0, 0.1) is 17.6 Å². The summed E-state index contributed by atoms with van der Waals surface area (Å²) < 4.78 is 27.4. The van der Waals surface area contributed by atoms with Gasteiger partial charge in [0.05, 0.1) is 6.04 Å². The zero-order valence-electron chi connectivity index (χ0n) is 23.0. The normalized spacial score (nSPS) is 26.1. The van der Waals surface area contributed by atoms with Crippen LogP contribution in [0.3, 0.4) is 0 Å². The maximum absolute atomic E-state index is 13.7. The van der Waals surface area contributed by atoms with E-state index >= 15 is 0 Å². The Hall–Kier alpha value is -2.80. The highest BCUT2D eigenvalue weighted by molar-refractivity contribution is 5.44. The van der Waals surface area contributed by atoms with E-state index in [0.29, 0.717) is 17.7 Å². The van der Waals surface area contributed by atoms with Gasteiger partial charge in [-0.1, -0.05) is 37.3 Å². The van der Waals surface area contributed by atoms with Gasteiger partial charge in [0.1, 0.15) is 17.4 Å². The Bertz CT molecular complexity index is 1240. The van der Waals surface area contributed by atoms with Gasteiger partial charge in [0, 0.05) is 37.6 Å². The molecule has 3 aliphatic rings. The minimum Gasteiger partial charge on any atom is -0.508 e.